The molecule has 114 valence electrons. The summed E-state index contributed by atoms with van der Waals surface area (Å²) < 4.78 is 6.76. The number of carbonyl (C=O) groups excluding carboxylic acids is 2. The number of esters is 1. The molecule has 1 N–H and O–H groups in total. The minimum Gasteiger partial charge on any atom is -0.451 e. The van der Waals surface area contributed by atoms with E-state index in [9.17, 15) is 14.4 Å². The predicted octanol–water partition coefficient (Wildman–Crippen LogP) is 1.18. The fourth-order valence-corrected chi connectivity index (χ4v) is 2.09. The van der Waals surface area contributed by atoms with Gasteiger partial charge >= 0.3 is 5.97 Å². The van der Waals surface area contributed by atoms with E-state index in [0.29, 0.717) is 5.69 Å². The molecule has 0 fully saturated rings. The smallest absolute Gasteiger partial charge is 0.359 e. The van der Waals surface area contributed by atoms with Crippen LogP contribution in [0.5, 0.6) is 0 Å². The van der Waals surface area contributed by atoms with Crippen molar-refractivity contribution in [3.63, 3.8) is 0 Å². The molecule has 2 rings (SSSR count). The van der Waals surface area contributed by atoms with Crippen LogP contribution >= 0.6 is 22.6 Å². The van der Waals surface area contributed by atoms with Gasteiger partial charge < -0.3 is 10.1 Å². The molecule has 1 amide bonds. The molecule has 0 aliphatic rings. The highest BCUT2D eigenvalue weighted by atomic mass is 127. The number of nitrogens with zero attached hydrogens (tertiary/aromatic N) is 2. The Morgan fingerprint density at radius 1 is 1.27 bits per heavy atom. The summed E-state index contributed by atoms with van der Waals surface area (Å²) in [6.07, 6.45) is 0. The van der Waals surface area contributed by atoms with Gasteiger partial charge in [0.05, 0.1) is 5.69 Å². The fourth-order valence-electron chi connectivity index (χ4n) is 1.57. The van der Waals surface area contributed by atoms with Gasteiger partial charge in [-0.15, -0.1) is 0 Å². The molecule has 22 heavy (non-hydrogen) atoms. The molecule has 0 aliphatic carbocycles. The molecule has 2 aromatic rings. The summed E-state index contributed by atoms with van der Waals surface area (Å²) in [6.45, 7) is -0.436. The first-order valence-corrected chi connectivity index (χ1v) is 7.31. The number of aromatic nitrogens is 2. The molecular weight excluding hydrogens is 401 g/mol. The van der Waals surface area contributed by atoms with Crippen LogP contribution in [0.2, 0.25) is 0 Å². The van der Waals surface area contributed by atoms with Gasteiger partial charge in [-0.3, -0.25) is 9.59 Å². The zero-order valence-corrected chi connectivity index (χ0v) is 13.7. The van der Waals surface area contributed by atoms with Crippen LogP contribution in [0.25, 0.3) is 0 Å². The van der Waals surface area contributed by atoms with Crippen molar-refractivity contribution in [1.82, 2.24) is 9.78 Å². The van der Waals surface area contributed by atoms with Crippen molar-refractivity contribution in [3.8, 4) is 0 Å². The summed E-state index contributed by atoms with van der Waals surface area (Å²) in [7, 11) is 1.42. The van der Waals surface area contributed by atoms with E-state index in [1.165, 1.54) is 19.2 Å². The second-order valence-corrected chi connectivity index (χ2v) is 5.45. The Kier molecular flexibility index (Phi) is 5.26. The zero-order valence-electron chi connectivity index (χ0n) is 11.6. The molecule has 0 atom stereocenters. The molecule has 1 heterocycles. The Morgan fingerprint density at radius 3 is 2.68 bits per heavy atom. The van der Waals surface area contributed by atoms with Crippen LogP contribution in [0.4, 0.5) is 5.69 Å². The minimum atomic E-state index is -0.770. The first kappa shape index (κ1) is 16.1. The number of aryl methyl sites for hydroxylation is 1. The zero-order chi connectivity index (χ0) is 16.1. The Bertz CT molecular complexity index is 773. The van der Waals surface area contributed by atoms with E-state index in [4.69, 9.17) is 4.74 Å². The van der Waals surface area contributed by atoms with Crippen molar-refractivity contribution in [3.05, 3.63) is 56.0 Å². The lowest BCUT2D eigenvalue weighted by atomic mass is 10.3. The third-order valence-electron chi connectivity index (χ3n) is 2.65. The highest BCUT2D eigenvalue weighted by Crippen LogP contribution is 2.16. The fraction of sp³-hybridized carbons (Fsp3) is 0.143. The SMILES string of the molecule is Cn1nc(C(=O)OCC(=O)Nc2ccccc2I)ccc1=O. The highest BCUT2D eigenvalue weighted by molar-refractivity contribution is 14.1. The van der Waals surface area contributed by atoms with Gasteiger partial charge in [0.15, 0.2) is 12.3 Å². The van der Waals surface area contributed by atoms with E-state index in [2.05, 4.69) is 33.0 Å². The number of rotatable bonds is 4. The number of hydrogen-bond donors (Lipinski definition) is 1. The van der Waals surface area contributed by atoms with Gasteiger partial charge in [-0.2, -0.15) is 5.10 Å². The van der Waals surface area contributed by atoms with E-state index in [1.54, 1.807) is 12.1 Å². The van der Waals surface area contributed by atoms with E-state index in [-0.39, 0.29) is 11.3 Å². The molecule has 0 saturated heterocycles. The molecule has 0 radical (unpaired) electrons. The third-order valence-corrected chi connectivity index (χ3v) is 3.59. The lowest BCUT2D eigenvalue weighted by Crippen LogP contribution is -2.24. The second-order valence-electron chi connectivity index (χ2n) is 4.28. The van der Waals surface area contributed by atoms with E-state index >= 15 is 0 Å². The molecular formula is C14H12IN3O4. The Morgan fingerprint density at radius 2 is 2.00 bits per heavy atom. The van der Waals surface area contributed by atoms with Crippen LogP contribution in [-0.4, -0.2) is 28.3 Å². The quantitative estimate of drug-likeness (QED) is 0.601. The van der Waals surface area contributed by atoms with Crippen LogP contribution in [0.1, 0.15) is 10.5 Å². The van der Waals surface area contributed by atoms with E-state index in [1.807, 2.05) is 12.1 Å². The van der Waals surface area contributed by atoms with Crippen LogP contribution < -0.4 is 10.9 Å². The molecule has 0 unspecified atom stereocenters. The highest BCUT2D eigenvalue weighted by Gasteiger charge is 2.13. The van der Waals surface area contributed by atoms with E-state index in [0.717, 1.165) is 8.25 Å². The predicted molar refractivity (Wildman–Crippen MR) is 87.5 cm³/mol. The Balaban J connectivity index is 1.93. The maximum Gasteiger partial charge on any atom is 0.359 e. The van der Waals surface area contributed by atoms with Crippen molar-refractivity contribution in [2.45, 2.75) is 0 Å². The van der Waals surface area contributed by atoms with Crippen LogP contribution in [-0.2, 0) is 16.6 Å². The molecule has 1 aromatic heterocycles. The molecule has 1 aromatic carbocycles. The monoisotopic (exact) mass is 413 g/mol. The second kappa shape index (κ2) is 7.16. The molecule has 8 heteroatoms. The third kappa shape index (κ3) is 4.13. The normalized spacial score (nSPS) is 10.1. The molecule has 0 aliphatic heterocycles. The number of anilines is 1. The number of nitrogens with one attached hydrogen (secondary N) is 1. The number of halogens is 1. The van der Waals surface area contributed by atoms with Crippen molar-refractivity contribution in [1.29, 1.82) is 0 Å². The van der Waals surface area contributed by atoms with Crippen LogP contribution in [0.3, 0.4) is 0 Å². The Labute approximate surface area is 139 Å². The lowest BCUT2D eigenvalue weighted by molar-refractivity contribution is -0.119. The van der Waals surface area contributed by atoms with Crippen LogP contribution in [0, 0.1) is 3.57 Å². The average molecular weight is 413 g/mol. The van der Waals surface area contributed by atoms with Gasteiger partial charge in [0.1, 0.15) is 0 Å². The van der Waals surface area contributed by atoms with Crippen molar-refractivity contribution in [2.24, 2.45) is 7.05 Å². The van der Waals surface area contributed by atoms with Gasteiger partial charge in [-0.05, 0) is 40.8 Å². The van der Waals surface area contributed by atoms with E-state index < -0.39 is 18.5 Å². The summed E-state index contributed by atoms with van der Waals surface area (Å²) in [6, 6.07) is 9.69. The summed E-state index contributed by atoms with van der Waals surface area (Å²) in [4.78, 5) is 34.7. The topological polar surface area (TPSA) is 90.3 Å². The summed E-state index contributed by atoms with van der Waals surface area (Å²) in [5.74, 6) is -1.23. The molecule has 0 bridgehead atoms. The molecule has 7 nitrogen and oxygen atoms in total. The number of carbonyl (C=O) groups is 2. The summed E-state index contributed by atoms with van der Waals surface area (Å²) >= 11 is 2.09. The number of hydrogen-bond acceptors (Lipinski definition) is 5. The van der Waals surface area contributed by atoms with Gasteiger partial charge in [0.2, 0.25) is 0 Å². The van der Waals surface area contributed by atoms with Gasteiger partial charge in [0.25, 0.3) is 11.5 Å². The largest absolute Gasteiger partial charge is 0.451 e. The average Bonchev–Trinajstić information content (AvgIpc) is 2.50. The standard InChI is InChI=1S/C14H12IN3O4/c1-18-13(20)7-6-11(17-18)14(21)22-8-12(19)16-10-5-3-2-4-9(10)15/h2-7H,8H2,1H3,(H,16,19). The molecule has 0 spiro atoms. The number of para-hydroxylation sites is 1. The maximum absolute atomic E-state index is 11.8. The van der Waals surface area contributed by atoms with Crippen molar-refractivity contribution in [2.75, 3.05) is 11.9 Å². The maximum atomic E-state index is 11.8. The van der Waals surface area contributed by atoms with Gasteiger partial charge in [-0.1, -0.05) is 12.1 Å². The number of amides is 1. The summed E-state index contributed by atoms with van der Waals surface area (Å²) in [5.41, 5.74) is 0.265. The van der Waals surface area contributed by atoms with Crippen molar-refractivity contribution < 1.29 is 14.3 Å². The molecule has 0 saturated carbocycles. The van der Waals surface area contributed by atoms with Crippen molar-refractivity contribution >= 4 is 40.2 Å². The number of benzene rings is 1. The van der Waals surface area contributed by atoms with Crippen LogP contribution in [0.15, 0.2) is 41.2 Å². The first-order chi connectivity index (χ1) is 10.5. The Hall–Kier alpha value is -2.23. The first-order valence-electron chi connectivity index (χ1n) is 6.23. The minimum absolute atomic E-state index is 0.0378. The van der Waals surface area contributed by atoms with Gasteiger partial charge in [0, 0.05) is 16.7 Å². The van der Waals surface area contributed by atoms with Gasteiger partial charge in [-0.25, -0.2) is 9.48 Å². The number of ether oxygens (including phenoxy) is 1. The summed E-state index contributed by atoms with van der Waals surface area (Å²) in [5, 5.41) is 6.38. The lowest BCUT2D eigenvalue weighted by Gasteiger charge is -2.08.